The number of fused-ring (bicyclic) bond motifs is 4. The van der Waals surface area contributed by atoms with Crippen LogP contribution in [0.5, 0.6) is 0 Å². The van der Waals surface area contributed by atoms with Crippen LogP contribution < -0.4 is 0 Å². The third kappa shape index (κ3) is 2.79. The number of carbonyl (C=O) groups is 1. The topological polar surface area (TPSA) is 29.6 Å². The Morgan fingerprint density at radius 2 is 1.76 bits per heavy atom. The van der Waals surface area contributed by atoms with Gasteiger partial charge in [-0.15, -0.1) is 0 Å². The smallest absolute Gasteiger partial charge is 0.164 e. The number of ketones is 1. The van der Waals surface area contributed by atoms with Gasteiger partial charge >= 0.3 is 0 Å². The lowest BCUT2D eigenvalue weighted by Crippen LogP contribution is -2.58. The van der Waals surface area contributed by atoms with Crippen molar-refractivity contribution in [3.63, 3.8) is 0 Å². The molecule has 2 heteroatoms. The van der Waals surface area contributed by atoms with Crippen LogP contribution in [0.2, 0.25) is 0 Å². The van der Waals surface area contributed by atoms with Crippen LogP contribution in [0.3, 0.4) is 0 Å². The van der Waals surface area contributed by atoms with Gasteiger partial charge in [0.2, 0.25) is 0 Å². The SMILES string of the molecule is CC(C)CCC[C@H](C)[C@@H]1CC[C@@H]2[C@H]3CC[C@@]45O[C@@H]4C(=O)CC[C@]5(C)[C@@H]3CC[C@]21C. The second kappa shape index (κ2) is 6.81. The van der Waals surface area contributed by atoms with Crippen molar-refractivity contribution in [2.75, 3.05) is 0 Å². The van der Waals surface area contributed by atoms with Crippen molar-refractivity contribution in [3.05, 3.63) is 0 Å². The van der Waals surface area contributed by atoms with E-state index in [4.69, 9.17) is 4.74 Å². The highest BCUT2D eigenvalue weighted by molar-refractivity contribution is 5.88. The molecule has 0 bridgehead atoms. The first-order valence-corrected chi connectivity index (χ1v) is 12.9. The number of epoxide rings is 1. The maximum absolute atomic E-state index is 12.3. The van der Waals surface area contributed by atoms with E-state index >= 15 is 0 Å². The van der Waals surface area contributed by atoms with E-state index in [1.165, 1.54) is 51.4 Å². The quantitative estimate of drug-likeness (QED) is 0.474. The van der Waals surface area contributed by atoms with E-state index in [9.17, 15) is 4.79 Å². The summed E-state index contributed by atoms with van der Waals surface area (Å²) >= 11 is 0. The molecule has 1 heterocycles. The van der Waals surface area contributed by atoms with Gasteiger partial charge in [-0.1, -0.05) is 53.9 Å². The Labute approximate surface area is 178 Å². The Morgan fingerprint density at radius 1 is 0.966 bits per heavy atom. The lowest BCUT2D eigenvalue weighted by atomic mass is 9.44. The second-order valence-corrected chi connectivity index (χ2v) is 12.7. The van der Waals surface area contributed by atoms with E-state index in [1.54, 1.807) is 0 Å². The number of hydrogen-bond donors (Lipinski definition) is 0. The van der Waals surface area contributed by atoms with Gasteiger partial charge < -0.3 is 4.74 Å². The summed E-state index contributed by atoms with van der Waals surface area (Å²) in [6.45, 7) is 12.5. The second-order valence-electron chi connectivity index (χ2n) is 12.7. The van der Waals surface area contributed by atoms with Crippen LogP contribution in [-0.2, 0) is 9.53 Å². The van der Waals surface area contributed by atoms with Crippen molar-refractivity contribution in [2.45, 2.75) is 117 Å². The van der Waals surface area contributed by atoms with Crippen LogP contribution >= 0.6 is 0 Å². The summed E-state index contributed by atoms with van der Waals surface area (Å²) in [5.74, 6) is 5.66. The Kier molecular flexibility index (Phi) is 4.82. The molecule has 9 atom stereocenters. The molecule has 5 fully saturated rings. The molecule has 0 N–H and O–H groups in total. The average Bonchev–Trinajstić information content (AvgIpc) is 3.31. The van der Waals surface area contributed by atoms with E-state index in [0.29, 0.717) is 11.2 Å². The van der Waals surface area contributed by atoms with Crippen LogP contribution in [0.25, 0.3) is 0 Å². The molecule has 29 heavy (non-hydrogen) atoms. The lowest BCUT2D eigenvalue weighted by molar-refractivity contribution is -0.132. The van der Waals surface area contributed by atoms with Gasteiger partial charge in [-0.3, -0.25) is 4.79 Å². The minimum absolute atomic E-state index is 0.0344. The largest absolute Gasteiger partial charge is 0.357 e. The molecule has 0 aromatic rings. The third-order valence-electron chi connectivity index (χ3n) is 11.2. The molecule has 0 aromatic carbocycles. The van der Waals surface area contributed by atoms with Crippen LogP contribution in [0.1, 0.15) is 105 Å². The van der Waals surface area contributed by atoms with Crippen molar-refractivity contribution in [3.8, 4) is 0 Å². The van der Waals surface area contributed by atoms with Crippen molar-refractivity contribution in [1.82, 2.24) is 0 Å². The van der Waals surface area contributed by atoms with Crippen molar-refractivity contribution in [2.24, 2.45) is 46.3 Å². The van der Waals surface area contributed by atoms with Gasteiger partial charge in [-0.25, -0.2) is 0 Å². The maximum atomic E-state index is 12.3. The van der Waals surface area contributed by atoms with Crippen LogP contribution in [0, 0.1) is 46.3 Å². The van der Waals surface area contributed by atoms with Crippen LogP contribution in [0.4, 0.5) is 0 Å². The Bertz CT molecular complexity index is 669. The predicted octanol–water partition coefficient (Wildman–Crippen LogP) is 6.81. The molecule has 1 saturated heterocycles. The Morgan fingerprint density at radius 3 is 2.52 bits per heavy atom. The molecule has 2 nitrogen and oxygen atoms in total. The molecule has 1 aliphatic heterocycles. The molecule has 0 aromatic heterocycles. The molecule has 5 aliphatic rings. The van der Waals surface area contributed by atoms with E-state index in [2.05, 4.69) is 34.6 Å². The summed E-state index contributed by atoms with van der Waals surface area (Å²) < 4.78 is 6.24. The zero-order chi connectivity index (χ0) is 20.6. The molecular formula is C27H44O2. The zero-order valence-electron chi connectivity index (χ0n) is 19.6. The van der Waals surface area contributed by atoms with Crippen molar-refractivity contribution >= 4 is 5.78 Å². The zero-order valence-corrected chi connectivity index (χ0v) is 19.6. The molecule has 164 valence electrons. The first kappa shape index (κ1) is 20.5. The fourth-order valence-electron chi connectivity index (χ4n) is 9.52. The average molecular weight is 401 g/mol. The molecule has 4 saturated carbocycles. The number of ether oxygens (including phenoxy) is 1. The number of carbonyl (C=O) groups excluding carboxylic acids is 1. The third-order valence-corrected chi connectivity index (χ3v) is 11.2. The van der Waals surface area contributed by atoms with E-state index in [-0.39, 0.29) is 17.1 Å². The van der Waals surface area contributed by atoms with Gasteiger partial charge in [-0.2, -0.15) is 0 Å². The van der Waals surface area contributed by atoms with Crippen molar-refractivity contribution in [1.29, 1.82) is 0 Å². The van der Waals surface area contributed by atoms with Gasteiger partial charge in [0.1, 0.15) is 11.7 Å². The monoisotopic (exact) mass is 400 g/mol. The molecule has 0 radical (unpaired) electrons. The number of Topliss-reactive ketones (excluding diaryl/α,β-unsaturated/α-hetero) is 1. The van der Waals surface area contributed by atoms with E-state index in [1.807, 2.05) is 0 Å². The van der Waals surface area contributed by atoms with E-state index < -0.39 is 0 Å². The Balaban J connectivity index is 1.32. The maximum Gasteiger partial charge on any atom is 0.164 e. The molecule has 0 unspecified atom stereocenters. The van der Waals surface area contributed by atoms with Crippen LogP contribution in [-0.4, -0.2) is 17.5 Å². The van der Waals surface area contributed by atoms with Crippen molar-refractivity contribution < 1.29 is 9.53 Å². The summed E-state index contributed by atoms with van der Waals surface area (Å²) in [6.07, 6.45) is 14.3. The number of hydrogen-bond acceptors (Lipinski definition) is 2. The molecular weight excluding hydrogens is 356 g/mol. The summed E-state index contributed by atoms with van der Waals surface area (Å²) in [4.78, 5) is 12.3. The normalized spacial score (nSPS) is 51.8. The highest BCUT2D eigenvalue weighted by atomic mass is 16.6. The van der Waals surface area contributed by atoms with Gasteiger partial charge in [0.05, 0.1) is 0 Å². The van der Waals surface area contributed by atoms with Gasteiger partial charge in [0, 0.05) is 11.8 Å². The highest BCUT2D eigenvalue weighted by Crippen LogP contribution is 2.73. The van der Waals surface area contributed by atoms with E-state index in [0.717, 1.165) is 54.8 Å². The fourth-order valence-corrected chi connectivity index (χ4v) is 9.52. The summed E-state index contributed by atoms with van der Waals surface area (Å²) in [5.41, 5.74) is 0.768. The standard InChI is InChI=1S/C27H44O2/c1-17(2)7-6-8-18(3)20-9-10-21-19-11-16-27-24(29-27)23(28)13-15-26(27,5)22(19)12-14-25(20,21)4/h17-22,24H,6-16H2,1-5H3/t18-,19+,20-,21+,22+,24+,25-,26+,27+/m0/s1. The number of rotatable bonds is 5. The summed E-state index contributed by atoms with van der Waals surface area (Å²) in [6, 6.07) is 0. The highest BCUT2D eigenvalue weighted by Gasteiger charge is 2.76. The minimum atomic E-state index is -0.0562. The van der Waals surface area contributed by atoms with Gasteiger partial charge in [-0.05, 0) is 85.9 Å². The molecule has 0 amide bonds. The first-order chi connectivity index (χ1) is 13.7. The Hall–Kier alpha value is -0.370. The van der Waals surface area contributed by atoms with Crippen LogP contribution in [0.15, 0.2) is 0 Å². The molecule has 4 aliphatic carbocycles. The first-order valence-electron chi connectivity index (χ1n) is 12.9. The molecule has 5 rings (SSSR count). The molecule has 1 spiro atoms. The minimum Gasteiger partial charge on any atom is -0.357 e. The summed E-state index contributed by atoms with van der Waals surface area (Å²) in [7, 11) is 0. The lowest BCUT2D eigenvalue weighted by Gasteiger charge is -2.59. The van der Waals surface area contributed by atoms with Gasteiger partial charge in [0.15, 0.2) is 5.78 Å². The fraction of sp³-hybridized carbons (Fsp3) is 0.963. The summed E-state index contributed by atoms with van der Waals surface area (Å²) in [5, 5.41) is 0. The predicted molar refractivity (Wildman–Crippen MR) is 118 cm³/mol. The van der Waals surface area contributed by atoms with Gasteiger partial charge in [0.25, 0.3) is 0 Å².